The van der Waals surface area contributed by atoms with Gasteiger partial charge >= 0.3 is 12.1 Å². The number of nitrogens with one attached hydrogen (secondary N) is 1. The van der Waals surface area contributed by atoms with Crippen LogP contribution < -0.4 is 5.73 Å². The number of carboxylic acids is 1. The Morgan fingerprint density at radius 2 is 1.97 bits per heavy atom. The molecule has 3 heterocycles. The van der Waals surface area contributed by atoms with E-state index in [9.17, 15) is 26.4 Å². The van der Waals surface area contributed by atoms with Crippen molar-refractivity contribution in [3.05, 3.63) is 58.7 Å². The zero-order valence-corrected chi connectivity index (χ0v) is 22.0. The second kappa shape index (κ2) is 11.2. The first-order valence-electron chi connectivity index (χ1n) is 10.7. The lowest BCUT2D eigenvalue weighted by molar-refractivity contribution is -0.192. The summed E-state index contributed by atoms with van der Waals surface area (Å²) in [5.74, 6) is -3.05. The number of hydrogen-bond acceptors (Lipinski definition) is 7. The fourth-order valence-electron chi connectivity index (χ4n) is 3.59. The van der Waals surface area contributed by atoms with Crippen molar-refractivity contribution >= 4 is 60.9 Å². The summed E-state index contributed by atoms with van der Waals surface area (Å²) in [4.78, 5) is 27.7. The van der Waals surface area contributed by atoms with E-state index < -0.39 is 28.2 Å². The van der Waals surface area contributed by atoms with Gasteiger partial charge in [-0.25, -0.2) is 18.2 Å². The number of benzene rings is 1. The molecule has 1 unspecified atom stereocenters. The van der Waals surface area contributed by atoms with Crippen LogP contribution in [0.15, 0.2) is 46.7 Å². The molecule has 1 aliphatic rings. The molecule has 0 spiro atoms. The molecule has 1 saturated heterocycles. The number of carbonyl (C=O) groups excluding carboxylic acids is 1. The second-order valence-electron chi connectivity index (χ2n) is 8.09. The van der Waals surface area contributed by atoms with E-state index in [2.05, 4.69) is 4.98 Å². The van der Waals surface area contributed by atoms with Crippen LogP contribution in [0.5, 0.6) is 0 Å². The molecule has 0 aliphatic carbocycles. The summed E-state index contributed by atoms with van der Waals surface area (Å²) in [6.07, 6.45) is -4.68. The average molecular weight is 592 g/mol. The van der Waals surface area contributed by atoms with Crippen LogP contribution in [0.25, 0.3) is 10.2 Å². The van der Waals surface area contributed by atoms with Gasteiger partial charge in [0.2, 0.25) is 5.91 Å². The van der Waals surface area contributed by atoms with Gasteiger partial charge in [-0.1, -0.05) is 29.8 Å². The molecule has 1 aliphatic heterocycles. The first-order valence-corrected chi connectivity index (χ1v) is 13.3. The van der Waals surface area contributed by atoms with E-state index in [0.717, 1.165) is 21.2 Å². The number of likely N-dealkylation sites (tertiary alicyclic amines) is 1. The number of amides is 1. The van der Waals surface area contributed by atoms with Crippen molar-refractivity contribution < 1.29 is 36.3 Å². The number of pyridine rings is 1. The number of amidine groups is 1. The number of nitrogens with zero attached hydrogens (tertiary/aromatic N) is 3. The fraction of sp³-hybridized carbons (Fsp3) is 0.273. The van der Waals surface area contributed by atoms with Crippen molar-refractivity contribution in [1.82, 2.24) is 14.2 Å². The molecule has 4 rings (SSSR count). The SMILES string of the molecule is CN(C1CCN(Cc2cccc(C(=N)N)c2)C1=O)S(=O)(=O)c1cc2nc(Cl)ccc2s1.O=C(O)C(F)(F)F. The molecule has 0 bridgehead atoms. The van der Waals surface area contributed by atoms with Crippen molar-refractivity contribution in [2.24, 2.45) is 5.73 Å². The van der Waals surface area contributed by atoms with Gasteiger partial charge in [-0.3, -0.25) is 10.2 Å². The molecule has 16 heteroatoms. The predicted molar refractivity (Wildman–Crippen MR) is 135 cm³/mol. The standard InChI is InChI=1S/C20H20ClN5O3S2.C2HF3O2/c1-25(31(28,29)18-10-14-16(30-18)5-6-17(21)24-14)15-7-8-26(20(15)27)11-12-3-2-4-13(9-12)19(22)23;3-2(4,5)1(6)7/h2-6,9-10,15H,7-8,11H2,1H3,(H3,22,23);(H,6,7). The van der Waals surface area contributed by atoms with Crippen LogP contribution in [0, 0.1) is 5.41 Å². The number of hydrogen-bond donors (Lipinski definition) is 3. The zero-order chi connectivity index (χ0) is 28.4. The minimum absolute atomic E-state index is 0.0441. The largest absolute Gasteiger partial charge is 0.490 e. The molecule has 1 amide bonds. The van der Waals surface area contributed by atoms with Crippen molar-refractivity contribution in [1.29, 1.82) is 5.41 Å². The Labute approximate surface area is 224 Å². The molecule has 3 aromatic rings. The maximum atomic E-state index is 13.2. The molecular formula is C22H21ClF3N5O5S2. The quantitative estimate of drug-likeness (QED) is 0.225. The number of nitrogens with two attached hydrogens (primary N) is 1. The Morgan fingerprint density at radius 1 is 1.32 bits per heavy atom. The Morgan fingerprint density at radius 3 is 2.58 bits per heavy atom. The van der Waals surface area contributed by atoms with E-state index >= 15 is 0 Å². The molecule has 38 heavy (non-hydrogen) atoms. The summed E-state index contributed by atoms with van der Waals surface area (Å²) >= 11 is 7.00. The van der Waals surface area contributed by atoms with Crippen LogP contribution in [0.4, 0.5) is 13.2 Å². The number of halogens is 4. The van der Waals surface area contributed by atoms with Gasteiger partial charge in [0.05, 0.1) is 10.2 Å². The number of carbonyl (C=O) groups is 2. The van der Waals surface area contributed by atoms with Crippen LogP contribution in [-0.2, 0) is 26.2 Å². The van der Waals surface area contributed by atoms with Gasteiger partial charge in [-0.2, -0.15) is 17.5 Å². The highest BCUT2D eigenvalue weighted by molar-refractivity contribution is 7.91. The number of alkyl halides is 3. The van der Waals surface area contributed by atoms with Gasteiger partial charge in [0.1, 0.15) is 21.2 Å². The van der Waals surface area contributed by atoms with Crippen LogP contribution in [0.3, 0.4) is 0 Å². The third-order valence-electron chi connectivity index (χ3n) is 5.51. The number of nitrogen functional groups attached to an aromatic ring is 1. The molecule has 1 fully saturated rings. The minimum atomic E-state index is -5.08. The number of carboxylic acid groups (broad SMARTS) is 1. The Kier molecular flexibility index (Phi) is 8.65. The molecule has 1 atom stereocenters. The molecule has 0 saturated carbocycles. The Bertz CT molecular complexity index is 1500. The van der Waals surface area contributed by atoms with Gasteiger partial charge in [0.15, 0.2) is 0 Å². The van der Waals surface area contributed by atoms with Crippen LogP contribution in [-0.4, -0.2) is 71.2 Å². The average Bonchev–Trinajstić information content (AvgIpc) is 3.42. The smallest absolute Gasteiger partial charge is 0.475 e. The topological polar surface area (TPSA) is 158 Å². The summed E-state index contributed by atoms with van der Waals surface area (Å²) < 4.78 is 60.1. The number of aromatic nitrogens is 1. The van der Waals surface area contributed by atoms with E-state index in [-0.39, 0.29) is 21.1 Å². The number of likely N-dealkylation sites (N-methyl/N-ethyl adjacent to an activating group) is 1. The number of thiophene rings is 1. The third-order valence-corrected chi connectivity index (χ3v) is 9.13. The molecule has 2 aromatic heterocycles. The lowest BCUT2D eigenvalue weighted by Crippen LogP contribution is -2.42. The summed E-state index contributed by atoms with van der Waals surface area (Å²) in [5.41, 5.74) is 7.46. The van der Waals surface area contributed by atoms with E-state index in [1.165, 1.54) is 13.1 Å². The first kappa shape index (κ1) is 29.3. The van der Waals surface area contributed by atoms with E-state index in [4.69, 9.17) is 32.6 Å². The summed E-state index contributed by atoms with van der Waals surface area (Å²) in [6, 6.07) is 11.2. The molecule has 0 radical (unpaired) electrons. The summed E-state index contributed by atoms with van der Waals surface area (Å²) in [5, 5.41) is 15.0. The normalized spacial score (nSPS) is 16.0. The highest BCUT2D eigenvalue weighted by atomic mass is 35.5. The van der Waals surface area contributed by atoms with Gasteiger partial charge in [-0.05, 0) is 36.2 Å². The summed E-state index contributed by atoms with van der Waals surface area (Å²) in [7, 11) is -2.43. The lowest BCUT2D eigenvalue weighted by atomic mass is 10.1. The highest BCUT2D eigenvalue weighted by Crippen LogP contribution is 2.32. The van der Waals surface area contributed by atoms with Gasteiger partial charge < -0.3 is 15.7 Å². The number of fused-ring (bicyclic) bond motifs is 1. The molecular weight excluding hydrogens is 571 g/mol. The van der Waals surface area contributed by atoms with Crippen molar-refractivity contribution in [2.45, 2.75) is 29.4 Å². The fourth-order valence-corrected chi connectivity index (χ4v) is 6.59. The predicted octanol–water partition coefficient (Wildman–Crippen LogP) is 3.29. The van der Waals surface area contributed by atoms with E-state index in [0.29, 0.717) is 35.3 Å². The summed E-state index contributed by atoms with van der Waals surface area (Å²) in [6.45, 7) is 0.771. The lowest BCUT2D eigenvalue weighted by Gasteiger charge is -2.23. The second-order valence-corrected chi connectivity index (χ2v) is 11.8. The zero-order valence-electron chi connectivity index (χ0n) is 19.6. The molecule has 10 nitrogen and oxygen atoms in total. The first-order chi connectivity index (χ1) is 17.6. The molecule has 1 aromatic carbocycles. The Hall–Kier alpha value is -3.27. The third kappa shape index (κ3) is 6.59. The number of rotatable bonds is 6. The van der Waals surface area contributed by atoms with Gasteiger partial charge in [0.25, 0.3) is 10.0 Å². The number of sulfonamides is 1. The van der Waals surface area contributed by atoms with Crippen LogP contribution in [0.1, 0.15) is 17.5 Å². The number of aliphatic carboxylic acids is 1. The van der Waals surface area contributed by atoms with Crippen LogP contribution in [0.2, 0.25) is 5.15 Å². The monoisotopic (exact) mass is 591 g/mol. The van der Waals surface area contributed by atoms with E-state index in [1.807, 2.05) is 6.07 Å². The maximum absolute atomic E-state index is 13.2. The van der Waals surface area contributed by atoms with Crippen LogP contribution >= 0.6 is 22.9 Å². The van der Waals surface area contributed by atoms with Crippen molar-refractivity contribution in [2.75, 3.05) is 13.6 Å². The van der Waals surface area contributed by atoms with Gasteiger partial charge in [0, 0.05) is 25.7 Å². The minimum Gasteiger partial charge on any atom is -0.475 e. The van der Waals surface area contributed by atoms with E-state index in [1.54, 1.807) is 35.2 Å². The van der Waals surface area contributed by atoms with Crippen molar-refractivity contribution in [3.8, 4) is 0 Å². The Balaban J connectivity index is 0.000000505. The molecule has 204 valence electrons. The van der Waals surface area contributed by atoms with Crippen molar-refractivity contribution in [3.63, 3.8) is 0 Å². The maximum Gasteiger partial charge on any atom is 0.490 e. The van der Waals surface area contributed by atoms with Gasteiger partial charge in [-0.15, -0.1) is 11.3 Å². The highest BCUT2D eigenvalue weighted by Gasteiger charge is 2.40. The molecule has 4 N–H and O–H groups in total.